The lowest BCUT2D eigenvalue weighted by atomic mass is 10.1. The largest absolute Gasteiger partial charge is 0.379 e. The Labute approximate surface area is 133 Å². The molecule has 0 aromatic heterocycles. The summed E-state index contributed by atoms with van der Waals surface area (Å²) >= 11 is 0. The molecule has 1 amide bonds. The van der Waals surface area contributed by atoms with Gasteiger partial charge in [-0.1, -0.05) is 53.9 Å². The van der Waals surface area contributed by atoms with Gasteiger partial charge in [-0.3, -0.25) is 4.79 Å². The summed E-state index contributed by atoms with van der Waals surface area (Å²) in [6.07, 6.45) is 5.20. The molecule has 0 aliphatic carbocycles. The third-order valence-electron chi connectivity index (χ3n) is 2.40. The van der Waals surface area contributed by atoms with Crippen molar-refractivity contribution in [2.75, 3.05) is 33.0 Å². The van der Waals surface area contributed by atoms with E-state index in [2.05, 4.69) is 12.2 Å². The highest BCUT2D eigenvalue weighted by atomic mass is 16.5. The number of rotatable bonds is 12. The Morgan fingerprint density at radius 3 is 2.05 bits per heavy atom. The SMILES string of the molecule is CC.CC.CCCCCCC(=O)NCCOCCOCC. The Bertz CT molecular complexity index is 175. The first-order valence-electron chi connectivity index (χ1n) is 8.73. The molecule has 0 spiro atoms. The van der Waals surface area contributed by atoms with E-state index in [1.807, 2.05) is 34.6 Å². The van der Waals surface area contributed by atoms with Crippen molar-refractivity contribution >= 4 is 5.91 Å². The van der Waals surface area contributed by atoms with Crippen LogP contribution in [0.4, 0.5) is 0 Å². The number of unbranched alkanes of at least 4 members (excludes halogenated alkanes) is 3. The Kier molecular flexibility index (Phi) is 33.4. The highest BCUT2D eigenvalue weighted by Crippen LogP contribution is 2.01. The summed E-state index contributed by atoms with van der Waals surface area (Å²) in [7, 11) is 0. The zero-order valence-corrected chi connectivity index (χ0v) is 15.3. The summed E-state index contributed by atoms with van der Waals surface area (Å²) < 4.78 is 10.4. The van der Waals surface area contributed by atoms with Crippen molar-refractivity contribution in [3.63, 3.8) is 0 Å². The third-order valence-corrected chi connectivity index (χ3v) is 2.40. The van der Waals surface area contributed by atoms with Crippen LogP contribution in [0.25, 0.3) is 0 Å². The maximum Gasteiger partial charge on any atom is 0.220 e. The second-order valence-electron chi connectivity index (χ2n) is 3.97. The molecule has 0 aliphatic rings. The number of hydrogen-bond donors (Lipinski definition) is 1. The Balaban J connectivity index is -0.000000739. The third kappa shape index (κ3) is 28.3. The number of carbonyl (C=O) groups is 1. The first-order chi connectivity index (χ1) is 10.3. The second kappa shape index (κ2) is 27.7. The van der Waals surface area contributed by atoms with Crippen LogP contribution in [0.15, 0.2) is 0 Å². The van der Waals surface area contributed by atoms with Crippen LogP contribution in [-0.4, -0.2) is 38.9 Å². The van der Waals surface area contributed by atoms with Crippen molar-refractivity contribution in [1.82, 2.24) is 5.32 Å². The molecule has 0 saturated carbocycles. The van der Waals surface area contributed by atoms with Gasteiger partial charge in [-0.05, 0) is 13.3 Å². The van der Waals surface area contributed by atoms with Gasteiger partial charge in [0.1, 0.15) is 0 Å². The van der Waals surface area contributed by atoms with E-state index in [-0.39, 0.29) is 5.91 Å². The minimum Gasteiger partial charge on any atom is -0.379 e. The van der Waals surface area contributed by atoms with Gasteiger partial charge in [-0.15, -0.1) is 0 Å². The fraction of sp³-hybridized carbons (Fsp3) is 0.941. The Morgan fingerprint density at radius 2 is 1.48 bits per heavy atom. The van der Waals surface area contributed by atoms with Gasteiger partial charge in [0.15, 0.2) is 0 Å². The number of amides is 1. The van der Waals surface area contributed by atoms with Crippen molar-refractivity contribution in [3.8, 4) is 0 Å². The summed E-state index contributed by atoms with van der Waals surface area (Å²) in [6, 6.07) is 0. The summed E-state index contributed by atoms with van der Waals surface area (Å²) in [5, 5.41) is 2.85. The van der Waals surface area contributed by atoms with Crippen LogP contribution in [-0.2, 0) is 14.3 Å². The first kappa shape index (κ1) is 25.3. The molecule has 0 heterocycles. The molecule has 0 aromatic carbocycles. The number of nitrogens with one attached hydrogen (secondary N) is 1. The van der Waals surface area contributed by atoms with Crippen LogP contribution in [0, 0.1) is 0 Å². The molecule has 0 fully saturated rings. The molecule has 4 nitrogen and oxygen atoms in total. The van der Waals surface area contributed by atoms with Crippen molar-refractivity contribution in [1.29, 1.82) is 0 Å². The molecule has 0 unspecified atom stereocenters. The molecular formula is C17H39NO3. The van der Waals surface area contributed by atoms with Crippen molar-refractivity contribution in [2.45, 2.75) is 73.6 Å². The van der Waals surface area contributed by atoms with E-state index < -0.39 is 0 Å². The molecule has 21 heavy (non-hydrogen) atoms. The molecule has 0 aromatic rings. The highest BCUT2D eigenvalue weighted by Gasteiger charge is 1.99. The van der Waals surface area contributed by atoms with E-state index in [4.69, 9.17) is 9.47 Å². The van der Waals surface area contributed by atoms with Crippen LogP contribution < -0.4 is 5.32 Å². The van der Waals surface area contributed by atoms with Gasteiger partial charge in [0.05, 0.1) is 19.8 Å². The Morgan fingerprint density at radius 1 is 0.857 bits per heavy atom. The smallest absolute Gasteiger partial charge is 0.220 e. The molecule has 130 valence electrons. The second-order valence-corrected chi connectivity index (χ2v) is 3.97. The summed E-state index contributed by atoms with van der Waals surface area (Å²) in [5.74, 6) is 0.134. The summed E-state index contributed by atoms with van der Waals surface area (Å²) in [5.41, 5.74) is 0. The molecule has 0 rings (SSSR count). The van der Waals surface area contributed by atoms with E-state index in [1.54, 1.807) is 0 Å². The molecule has 0 aliphatic heterocycles. The summed E-state index contributed by atoms with van der Waals surface area (Å²) in [4.78, 5) is 11.4. The fourth-order valence-corrected chi connectivity index (χ4v) is 1.43. The fourth-order valence-electron chi connectivity index (χ4n) is 1.43. The van der Waals surface area contributed by atoms with Gasteiger partial charge in [-0.2, -0.15) is 0 Å². The monoisotopic (exact) mass is 305 g/mol. The predicted molar refractivity (Wildman–Crippen MR) is 91.8 cm³/mol. The quantitative estimate of drug-likeness (QED) is 0.550. The number of carbonyl (C=O) groups excluding carboxylic acids is 1. The van der Waals surface area contributed by atoms with Gasteiger partial charge in [-0.25, -0.2) is 0 Å². The topological polar surface area (TPSA) is 47.6 Å². The molecular weight excluding hydrogens is 266 g/mol. The zero-order chi connectivity index (χ0) is 16.8. The molecule has 0 atom stereocenters. The standard InChI is InChI=1S/C13H27NO3.2C2H6/c1-3-5-6-7-8-13(15)14-9-10-17-12-11-16-4-2;2*1-2/h3-12H2,1-2H3,(H,14,15);2*1-2H3. The van der Waals surface area contributed by atoms with Crippen molar-refractivity contribution in [2.24, 2.45) is 0 Å². The van der Waals surface area contributed by atoms with Crippen LogP contribution in [0.2, 0.25) is 0 Å². The molecule has 0 bridgehead atoms. The lowest BCUT2D eigenvalue weighted by molar-refractivity contribution is -0.121. The lowest BCUT2D eigenvalue weighted by Gasteiger charge is -2.06. The van der Waals surface area contributed by atoms with Crippen LogP contribution in [0.1, 0.15) is 73.6 Å². The van der Waals surface area contributed by atoms with Gasteiger partial charge in [0.25, 0.3) is 0 Å². The lowest BCUT2D eigenvalue weighted by Crippen LogP contribution is -2.27. The Hall–Kier alpha value is -0.610. The predicted octanol–water partition coefficient (Wildman–Crippen LogP) is 4.18. The van der Waals surface area contributed by atoms with E-state index in [9.17, 15) is 4.79 Å². The summed E-state index contributed by atoms with van der Waals surface area (Å²) in [6.45, 7) is 15.2. The highest BCUT2D eigenvalue weighted by molar-refractivity contribution is 5.75. The normalized spacial score (nSPS) is 9.05. The van der Waals surface area contributed by atoms with Crippen LogP contribution >= 0.6 is 0 Å². The van der Waals surface area contributed by atoms with Crippen molar-refractivity contribution < 1.29 is 14.3 Å². The number of ether oxygens (including phenoxy) is 2. The molecule has 0 saturated heterocycles. The van der Waals surface area contributed by atoms with Crippen LogP contribution in [0.3, 0.4) is 0 Å². The zero-order valence-electron chi connectivity index (χ0n) is 15.3. The average molecular weight is 306 g/mol. The van der Waals surface area contributed by atoms with Crippen LogP contribution in [0.5, 0.6) is 0 Å². The first-order valence-corrected chi connectivity index (χ1v) is 8.73. The molecule has 0 radical (unpaired) electrons. The van der Waals surface area contributed by atoms with Gasteiger partial charge >= 0.3 is 0 Å². The van der Waals surface area contributed by atoms with E-state index >= 15 is 0 Å². The van der Waals surface area contributed by atoms with Gasteiger partial charge in [0.2, 0.25) is 5.91 Å². The average Bonchev–Trinajstić information content (AvgIpc) is 2.54. The van der Waals surface area contributed by atoms with E-state index in [0.717, 1.165) is 19.4 Å². The maximum atomic E-state index is 11.4. The molecule has 1 N–H and O–H groups in total. The molecule has 4 heteroatoms. The maximum absolute atomic E-state index is 11.4. The van der Waals surface area contributed by atoms with Gasteiger partial charge in [0, 0.05) is 19.6 Å². The number of hydrogen-bond acceptors (Lipinski definition) is 3. The minimum atomic E-state index is 0.134. The van der Waals surface area contributed by atoms with Crippen molar-refractivity contribution in [3.05, 3.63) is 0 Å². The van der Waals surface area contributed by atoms with E-state index in [1.165, 1.54) is 12.8 Å². The minimum absolute atomic E-state index is 0.134. The van der Waals surface area contributed by atoms with E-state index in [0.29, 0.717) is 32.8 Å². The van der Waals surface area contributed by atoms with Gasteiger partial charge < -0.3 is 14.8 Å².